The number of hydrogen-bond donors (Lipinski definition) is 0. The molecule has 0 aliphatic carbocycles. The Hall–Kier alpha value is -0.930. The normalized spacial score (nSPS) is 24.3. The van der Waals surface area contributed by atoms with Crippen molar-refractivity contribution in [1.29, 1.82) is 0 Å². The molecule has 0 aromatic carbocycles. The first-order valence-corrected chi connectivity index (χ1v) is 3.64. The highest BCUT2D eigenvalue weighted by Gasteiger charge is 2.18. The Bertz CT molecular complexity index is 229. The molecular formula is C6H10N4. The molecule has 2 heterocycles. The van der Waals surface area contributed by atoms with Crippen LogP contribution in [0.3, 0.4) is 0 Å². The second-order valence-corrected chi connectivity index (χ2v) is 2.80. The molecule has 0 radical (unpaired) electrons. The van der Waals surface area contributed by atoms with Crippen molar-refractivity contribution in [2.45, 2.75) is 32.2 Å². The van der Waals surface area contributed by atoms with Crippen LogP contribution < -0.4 is 0 Å². The van der Waals surface area contributed by atoms with Crippen LogP contribution in [0.25, 0.3) is 0 Å². The van der Waals surface area contributed by atoms with Crippen LogP contribution in [0, 0.1) is 0 Å². The van der Waals surface area contributed by atoms with E-state index in [1.165, 1.54) is 12.8 Å². The Balaban J connectivity index is 2.41. The van der Waals surface area contributed by atoms with Crippen molar-refractivity contribution in [3.63, 3.8) is 0 Å². The van der Waals surface area contributed by atoms with Gasteiger partial charge in [0.1, 0.15) is 0 Å². The summed E-state index contributed by atoms with van der Waals surface area (Å²) in [6, 6.07) is 0. The zero-order valence-corrected chi connectivity index (χ0v) is 5.99. The fourth-order valence-corrected chi connectivity index (χ4v) is 1.40. The van der Waals surface area contributed by atoms with Crippen molar-refractivity contribution in [1.82, 2.24) is 20.2 Å². The second-order valence-electron chi connectivity index (χ2n) is 2.80. The molecule has 0 spiro atoms. The smallest absolute Gasteiger partial charge is 0.154 e. The third-order valence-electron chi connectivity index (χ3n) is 2.01. The minimum absolute atomic E-state index is 0.545. The van der Waals surface area contributed by atoms with Gasteiger partial charge in [-0.25, -0.2) is 4.68 Å². The highest BCUT2D eigenvalue weighted by atomic mass is 15.5. The molecule has 0 amide bonds. The Morgan fingerprint density at radius 3 is 3.30 bits per heavy atom. The minimum Gasteiger partial charge on any atom is -0.229 e. The van der Waals surface area contributed by atoms with E-state index >= 15 is 0 Å². The van der Waals surface area contributed by atoms with Crippen molar-refractivity contribution in [3.8, 4) is 0 Å². The van der Waals surface area contributed by atoms with E-state index in [0.717, 1.165) is 12.4 Å². The van der Waals surface area contributed by atoms with Gasteiger partial charge in [0.05, 0.1) is 0 Å². The average molecular weight is 138 g/mol. The molecule has 10 heavy (non-hydrogen) atoms. The van der Waals surface area contributed by atoms with Gasteiger partial charge >= 0.3 is 0 Å². The maximum absolute atomic E-state index is 3.94. The maximum Gasteiger partial charge on any atom is 0.154 e. The van der Waals surface area contributed by atoms with Crippen LogP contribution in [-0.4, -0.2) is 20.2 Å². The Morgan fingerprint density at radius 2 is 2.50 bits per heavy atom. The van der Waals surface area contributed by atoms with E-state index in [-0.39, 0.29) is 0 Å². The van der Waals surface area contributed by atoms with Crippen molar-refractivity contribution in [2.75, 3.05) is 0 Å². The molecule has 1 aliphatic rings. The highest BCUT2D eigenvalue weighted by molar-refractivity contribution is 4.93. The lowest BCUT2D eigenvalue weighted by atomic mass is 10.0. The van der Waals surface area contributed by atoms with Gasteiger partial charge < -0.3 is 0 Å². The molecule has 54 valence electrons. The first-order valence-electron chi connectivity index (χ1n) is 3.64. The van der Waals surface area contributed by atoms with Gasteiger partial charge in [-0.2, -0.15) is 0 Å². The summed E-state index contributed by atoms with van der Waals surface area (Å²) in [4.78, 5) is 0. The zero-order chi connectivity index (χ0) is 6.97. The average Bonchev–Trinajstić information content (AvgIpc) is 2.36. The summed E-state index contributed by atoms with van der Waals surface area (Å²) in [5, 5.41) is 11.4. The van der Waals surface area contributed by atoms with Crippen LogP contribution in [-0.2, 0) is 6.54 Å². The number of hydrogen-bond acceptors (Lipinski definition) is 3. The molecule has 0 fully saturated rings. The number of rotatable bonds is 0. The van der Waals surface area contributed by atoms with Crippen molar-refractivity contribution < 1.29 is 0 Å². The van der Waals surface area contributed by atoms with Crippen LogP contribution in [0.2, 0.25) is 0 Å². The Kier molecular flexibility index (Phi) is 1.19. The number of aryl methyl sites for hydroxylation is 1. The topological polar surface area (TPSA) is 43.6 Å². The third kappa shape index (κ3) is 0.716. The molecule has 4 nitrogen and oxygen atoms in total. The van der Waals surface area contributed by atoms with Gasteiger partial charge in [0.2, 0.25) is 0 Å². The summed E-state index contributed by atoms with van der Waals surface area (Å²) >= 11 is 0. The van der Waals surface area contributed by atoms with Crippen LogP contribution in [0.1, 0.15) is 31.5 Å². The van der Waals surface area contributed by atoms with Crippen LogP contribution in [0.4, 0.5) is 0 Å². The quantitative estimate of drug-likeness (QED) is 0.526. The lowest BCUT2D eigenvalue weighted by Gasteiger charge is -2.16. The van der Waals surface area contributed by atoms with Gasteiger partial charge in [-0.05, 0) is 23.3 Å². The van der Waals surface area contributed by atoms with Crippen molar-refractivity contribution >= 4 is 0 Å². The maximum atomic E-state index is 3.94. The molecule has 1 unspecified atom stereocenters. The molecule has 0 saturated heterocycles. The van der Waals surface area contributed by atoms with Gasteiger partial charge in [-0.3, -0.25) is 0 Å². The van der Waals surface area contributed by atoms with Gasteiger partial charge in [0.25, 0.3) is 0 Å². The molecule has 1 aromatic heterocycles. The van der Waals surface area contributed by atoms with Crippen molar-refractivity contribution in [3.05, 3.63) is 5.82 Å². The number of fused-ring (bicyclic) bond motifs is 1. The largest absolute Gasteiger partial charge is 0.229 e. The van der Waals surface area contributed by atoms with E-state index in [2.05, 4.69) is 22.4 Å². The summed E-state index contributed by atoms with van der Waals surface area (Å²) in [6.45, 7) is 3.16. The summed E-state index contributed by atoms with van der Waals surface area (Å²) in [7, 11) is 0. The Labute approximate surface area is 59.2 Å². The monoisotopic (exact) mass is 138 g/mol. The second kappa shape index (κ2) is 2.04. The van der Waals surface area contributed by atoms with Gasteiger partial charge in [0, 0.05) is 12.5 Å². The summed E-state index contributed by atoms with van der Waals surface area (Å²) < 4.78 is 1.90. The molecule has 1 aliphatic heterocycles. The standard InChI is InChI=1S/C6H10N4/c1-5-3-2-4-10-6(5)7-8-9-10/h5H,2-4H2,1H3. The zero-order valence-electron chi connectivity index (χ0n) is 5.99. The minimum atomic E-state index is 0.545. The van der Waals surface area contributed by atoms with Gasteiger partial charge in [-0.15, -0.1) is 5.10 Å². The summed E-state index contributed by atoms with van der Waals surface area (Å²) in [5.74, 6) is 1.59. The van der Waals surface area contributed by atoms with E-state index in [4.69, 9.17) is 0 Å². The first-order chi connectivity index (χ1) is 4.88. The van der Waals surface area contributed by atoms with E-state index in [9.17, 15) is 0 Å². The Morgan fingerprint density at radius 1 is 1.60 bits per heavy atom. The third-order valence-corrected chi connectivity index (χ3v) is 2.01. The van der Waals surface area contributed by atoms with Gasteiger partial charge in [-0.1, -0.05) is 6.92 Å². The number of tetrazole rings is 1. The SMILES string of the molecule is CC1CCCn2nnnc21. The van der Waals surface area contributed by atoms with Crippen LogP contribution in [0.5, 0.6) is 0 Å². The molecule has 0 saturated carbocycles. The molecule has 2 rings (SSSR count). The molecule has 1 atom stereocenters. The van der Waals surface area contributed by atoms with Crippen LogP contribution >= 0.6 is 0 Å². The lowest BCUT2D eigenvalue weighted by Crippen LogP contribution is -2.14. The van der Waals surface area contributed by atoms with Crippen LogP contribution in [0.15, 0.2) is 0 Å². The first kappa shape index (κ1) is 5.82. The molecule has 1 aromatic rings. The van der Waals surface area contributed by atoms with E-state index in [1.54, 1.807) is 0 Å². The summed E-state index contributed by atoms with van der Waals surface area (Å²) in [5.41, 5.74) is 0. The highest BCUT2D eigenvalue weighted by Crippen LogP contribution is 2.22. The lowest BCUT2D eigenvalue weighted by molar-refractivity contribution is 0.429. The molecule has 0 bridgehead atoms. The molecule has 0 N–H and O–H groups in total. The van der Waals surface area contributed by atoms with E-state index in [1.807, 2.05) is 4.68 Å². The fraction of sp³-hybridized carbons (Fsp3) is 0.833. The van der Waals surface area contributed by atoms with Gasteiger partial charge in [0.15, 0.2) is 5.82 Å². The fourth-order valence-electron chi connectivity index (χ4n) is 1.40. The predicted molar refractivity (Wildman–Crippen MR) is 35.5 cm³/mol. The van der Waals surface area contributed by atoms with Crippen molar-refractivity contribution in [2.24, 2.45) is 0 Å². The predicted octanol–water partition coefficient (Wildman–Crippen LogP) is 0.570. The summed E-state index contributed by atoms with van der Waals surface area (Å²) in [6.07, 6.45) is 2.43. The number of nitrogens with zero attached hydrogens (tertiary/aromatic N) is 4. The van der Waals surface area contributed by atoms with E-state index < -0.39 is 0 Å². The number of aromatic nitrogens is 4. The molecular weight excluding hydrogens is 128 g/mol. The van der Waals surface area contributed by atoms with E-state index in [0.29, 0.717) is 5.92 Å². The molecule has 4 heteroatoms.